The minimum Gasteiger partial charge on any atom is -0.481 e. The normalized spacial score (nSPS) is 12.1. The topological polar surface area (TPSA) is 82.2 Å². The van der Waals surface area contributed by atoms with Crippen LogP contribution in [0.15, 0.2) is 12.3 Å². The summed E-state index contributed by atoms with van der Waals surface area (Å²) in [4.78, 5) is 25.1. The van der Waals surface area contributed by atoms with Gasteiger partial charge in [-0.3, -0.25) is 9.59 Å². The highest BCUT2D eigenvalue weighted by Gasteiger charge is 2.16. The lowest BCUT2D eigenvalue weighted by atomic mass is 10.1. The maximum Gasteiger partial charge on any atom is 0.305 e. The van der Waals surface area contributed by atoms with Crippen molar-refractivity contribution in [3.8, 4) is 0 Å². The first-order valence-corrected chi connectivity index (χ1v) is 5.77. The third kappa shape index (κ3) is 4.48. The van der Waals surface area contributed by atoms with Crippen molar-refractivity contribution in [3.05, 3.63) is 23.0 Å². The number of carbonyl (C=O) groups excluding carboxylic acids is 1. The zero-order chi connectivity index (χ0) is 12.8. The Hall–Kier alpha value is -1.49. The van der Waals surface area contributed by atoms with Crippen molar-refractivity contribution in [1.29, 1.82) is 0 Å². The Bertz CT molecular complexity index is 403. The van der Waals surface area contributed by atoms with Crippen LogP contribution in [-0.2, 0) is 4.79 Å². The Morgan fingerprint density at radius 1 is 1.59 bits per heavy atom. The van der Waals surface area contributed by atoms with Gasteiger partial charge in [0.25, 0.3) is 5.91 Å². The summed E-state index contributed by atoms with van der Waals surface area (Å²) < 4.78 is 0. The van der Waals surface area contributed by atoms with E-state index in [0.717, 1.165) is 6.42 Å². The smallest absolute Gasteiger partial charge is 0.305 e. The molecular formula is C11H15ClN2O3. The fourth-order valence-corrected chi connectivity index (χ4v) is 1.71. The summed E-state index contributed by atoms with van der Waals surface area (Å²) in [6, 6.07) is 1.15. The number of carboxylic acid groups (broad SMARTS) is 1. The Balaban J connectivity index is 2.60. The van der Waals surface area contributed by atoms with Gasteiger partial charge in [0, 0.05) is 12.2 Å². The largest absolute Gasteiger partial charge is 0.481 e. The number of H-pyrrole nitrogens is 1. The van der Waals surface area contributed by atoms with E-state index >= 15 is 0 Å². The van der Waals surface area contributed by atoms with Gasteiger partial charge in [0.1, 0.15) is 5.69 Å². The zero-order valence-corrected chi connectivity index (χ0v) is 10.3. The van der Waals surface area contributed by atoms with Gasteiger partial charge in [0.05, 0.1) is 11.4 Å². The highest BCUT2D eigenvalue weighted by atomic mass is 35.5. The molecule has 0 aliphatic rings. The van der Waals surface area contributed by atoms with Gasteiger partial charge >= 0.3 is 5.97 Å². The van der Waals surface area contributed by atoms with Crippen molar-refractivity contribution in [1.82, 2.24) is 10.3 Å². The van der Waals surface area contributed by atoms with Crippen LogP contribution in [0.5, 0.6) is 0 Å². The van der Waals surface area contributed by atoms with Crippen LogP contribution in [0.25, 0.3) is 0 Å². The molecule has 0 aliphatic carbocycles. The van der Waals surface area contributed by atoms with Crippen LogP contribution in [-0.4, -0.2) is 28.0 Å². The lowest BCUT2D eigenvalue weighted by molar-refractivity contribution is -0.137. The summed E-state index contributed by atoms with van der Waals surface area (Å²) >= 11 is 5.68. The standard InChI is InChI=1S/C11H15ClN2O3/c1-2-3-8(5-10(15)16)14-11(17)9-4-7(12)6-13-9/h4,6,8,13H,2-3,5H2,1H3,(H,14,17)(H,15,16). The molecule has 1 aromatic heterocycles. The minimum atomic E-state index is -0.923. The lowest BCUT2D eigenvalue weighted by Crippen LogP contribution is -2.36. The van der Waals surface area contributed by atoms with Crippen molar-refractivity contribution in [2.75, 3.05) is 0 Å². The van der Waals surface area contributed by atoms with Crippen molar-refractivity contribution >= 4 is 23.5 Å². The molecule has 1 aromatic rings. The van der Waals surface area contributed by atoms with Crippen molar-refractivity contribution < 1.29 is 14.7 Å². The maximum absolute atomic E-state index is 11.7. The molecule has 17 heavy (non-hydrogen) atoms. The molecule has 0 bridgehead atoms. The number of hydrogen-bond donors (Lipinski definition) is 3. The fourth-order valence-electron chi connectivity index (χ4n) is 1.55. The van der Waals surface area contributed by atoms with Crippen LogP contribution in [0.4, 0.5) is 0 Å². The molecule has 1 heterocycles. The van der Waals surface area contributed by atoms with Gasteiger partial charge in [0.15, 0.2) is 0 Å². The molecule has 0 spiro atoms. The van der Waals surface area contributed by atoms with Crippen LogP contribution in [0.2, 0.25) is 5.02 Å². The number of hydrogen-bond acceptors (Lipinski definition) is 2. The van der Waals surface area contributed by atoms with Gasteiger partial charge in [0.2, 0.25) is 0 Å². The Morgan fingerprint density at radius 3 is 2.76 bits per heavy atom. The first-order valence-electron chi connectivity index (χ1n) is 5.39. The van der Waals surface area contributed by atoms with Crippen LogP contribution in [0.1, 0.15) is 36.7 Å². The Morgan fingerprint density at radius 2 is 2.29 bits per heavy atom. The number of amides is 1. The van der Waals surface area contributed by atoms with Gasteiger partial charge in [-0.25, -0.2) is 0 Å². The van der Waals surface area contributed by atoms with Gasteiger partial charge in [-0.2, -0.15) is 0 Å². The van der Waals surface area contributed by atoms with E-state index < -0.39 is 5.97 Å². The molecule has 1 atom stereocenters. The van der Waals surface area contributed by atoms with Crippen LogP contribution < -0.4 is 5.32 Å². The van der Waals surface area contributed by atoms with Crippen LogP contribution in [0, 0.1) is 0 Å². The summed E-state index contributed by atoms with van der Waals surface area (Å²) in [5, 5.41) is 11.8. The lowest BCUT2D eigenvalue weighted by Gasteiger charge is -2.15. The predicted molar refractivity (Wildman–Crippen MR) is 64.2 cm³/mol. The zero-order valence-electron chi connectivity index (χ0n) is 9.50. The van der Waals surface area contributed by atoms with E-state index in [2.05, 4.69) is 10.3 Å². The summed E-state index contributed by atoms with van der Waals surface area (Å²) in [5.74, 6) is -1.26. The molecule has 3 N–H and O–H groups in total. The molecule has 1 amide bonds. The summed E-state index contributed by atoms with van der Waals surface area (Å²) in [5.41, 5.74) is 0.335. The second kappa shape index (κ2) is 6.30. The first kappa shape index (κ1) is 13.6. The number of aromatic nitrogens is 1. The fraction of sp³-hybridized carbons (Fsp3) is 0.455. The third-order valence-electron chi connectivity index (χ3n) is 2.29. The average Bonchev–Trinajstić information content (AvgIpc) is 2.64. The molecule has 1 rings (SSSR count). The van der Waals surface area contributed by atoms with Gasteiger partial charge < -0.3 is 15.4 Å². The SMILES string of the molecule is CCCC(CC(=O)O)NC(=O)c1cc(Cl)c[nH]1. The molecule has 0 radical (unpaired) electrons. The van der Waals surface area contributed by atoms with E-state index in [4.69, 9.17) is 16.7 Å². The third-order valence-corrected chi connectivity index (χ3v) is 2.50. The van der Waals surface area contributed by atoms with E-state index in [1.54, 1.807) is 0 Å². The maximum atomic E-state index is 11.7. The van der Waals surface area contributed by atoms with Crippen LogP contribution >= 0.6 is 11.6 Å². The quantitative estimate of drug-likeness (QED) is 0.730. The van der Waals surface area contributed by atoms with Crippen LogP contribution in [0.3, 0.4) is 0 Å². The molecule has 0 aromatic carbocycles. The number of carbonyl (C=O) groups is 2. The first-order chi connectivity index (χ1) is 8.02. The van der Waals surface area contributed by atoms with Gasteiger partial charge in [-0.1, -0.05) is 24.9 Å². The number of halogens is 1. The summed E-state index contributed by atoms with van der Waals surface area (Å²) in [6.45, 7) is 1.94. The molecule has 5 nitrogen and oxygen atoms in total. The molecular weight excluding hydrogens is 244 g/mol. The number of aromatic amines is 1. The molecule has 6 heteroatoms. The van der Waals surface area contributed by atoms with E-state index in [1.807, 2.05) is 6.92 Å². The molecule has 0 fully saturated rings. The Labute approximate surface area is 104 Å². The van der Waals surface area contributed by atoms with Crippen molar-refractivity contribution in [2.45, 2.75) is 32.2 Å². The number of rotatable bonds is 6. The van der Waals surface area contributed by atoms with Crippen molar-refractivity contribution in [3.63, 3.8) is 0 Å². The molecule has 1 unspecified atom stereocenters. The number of carboxylic acids is 1. The minimum absolute atomic E-state index is 0.0754. The highest BCUT2D eigenvalue weighted by Crippen LogP contribution is 2.10. The Kier molecular flexibility index (Phi) is 5.03. The van der Waals surface area contributed by atoms with Gasteiger partial charge in [-0.05, 0) is 12.5 Å². The number of nitrogens with one attached hydrogen (secondary N) is 2. The van der Waals surface area contributed by atoms with Gasteiger partial charge in [-0.15, -0.1) is 0 Å². The predicted octanol–water partition coefficient (Wildman–Crippen LogP) is 2.04. The van der Waals surface area contributed by atoms with E-state index in [0.29, 0.717) is 17.1 Å². The molecule has 0 saturated carbocycles. The second-order valence-electron chi connectivity index (χ2n) is 3.79. The average molecular weight is 259 g/mol. The molecule has 0 aliphatic heterocycles. The highest BCUT2D eigenvalue weighted by molar-refractivity contribution is 6.30. The molecule has 94 valence electrons. The second-order valence-corrected chi connectivity index (χ2v) is 4.22. The number of aliphatic carboxylic acids is 1. The van der Waals surface area contributed by atoms with E-state index in [9.17, 15) is 9.59 Å². The van der Waals surface area contributed by atoms with E-state index in [1.165, 1.54) is 12.3 Å². The van der Waals surface area contributed by atoms with Crippen molar-refractivity contribution in [2.24, 2.45) is 0 Å². The van der Waals surface area contributed by atoms with E-state index in [-0.39, 0.29) is 18.4 Å². The molecule has 0 saturated heterocycles. The summed E-state index contributed by atoms with van der Waals surface area (Å²) in [6.07, 6.45) is 2.87. The summed E-state index contributed by atoms with van der Waals surface area (Å²) in [7, 11) is 0. The monoisotopic (exact) mass is 258 g/mol.